The molecule has 1 N–H and O–H groups in total. The number of aromatic nitrogens is 2. The first-order valence-corrected chi connectivity index (χ1v) is 5.21. The molecule has 1 heterocycles. The molecule has 0 fully saturated rings. The van der Waals surface area contributed by atoms with E-state index in [4.69, 9.17) is 17.0 Å². The third kappa shape index (κ3) is 2.10. The number of rotatable bonds is 3. The fourth-order valence-electron chi connectivity index (χ4n) is 1.41. The Morgan fingerprint density at radius 2 is 2.33 bits per heavy atom. The SMILES string of the molecule is CCOc1cccc(-n2cc[nH]c2=S)c1. The molecule has 0 radical (unpaired) electrons. The summed E-state index contributed by atoms with van der Waals surface area (Å²) in [6, 6.07) is 7.84. The van der Waals surface area contributed by atoms with Crippen molar-refractivity contribution in [2.75, 3.05) is 6.61 Å². The van der Waals surface area contributed by atoms with Crippen molar-refractivity contribution in [2.24, 2.45) is 0 Å². The van der Waals surface area contributed by atoms with E-state index in [0.717, 1.165) is 11.4 Å². The van der Waals surface area contributed by atoms with Gasteiger partial charge >= 0.3 is 0 Å². The number of benzene rings is 1. The lowest BCUT2D eigenvalue weighted by Crippen LogP contribution is -1.95. The number of aromatic amines is 1. The van der Waals surface area contributed by atoms with E-state index in [-0.39, 0.29) is 0 Å². The smallest absolute Gasteiger partial charge is 0.181 e. The van der Waals surface area contributed by atoms with Gasteiger partial charge in [-0.15, -0.1) is 0 Å². The zero-order valence-electron chi connectivity index (χ0n) is 8.43. The predicted octanol–water partition coefficient (Wildman–Crippen LogP) is 2.93. The van der Waals surface area contributed by atoms with Gasteiger partial charge in [-0.3, -0.25) is 4.57 Å². The van der Waals surface area contributed by atoms with Crippen LogP contribution in [-0.2, 0) is 0 Å². The fourth-order valence-corrected chi connectivity index (χ4v) is 1.65. The highest BCUT2D eigenvalue weighted by atomic mass is 32.1. The molecule has 2 rings (SSSR count). The summed E-state index contributed by atoms with van der Waals surface area (Å²) < 4.78 is 8.01. The molecule has 0 unspecified atom stereocenters. The first-order valence-electron chi connectivity index (χ1n) is 4.80. The van der Waals surface area contributed by atoms with Crippen LogP contribution >= 0.6 is 12.2 Å². The second-order valence-corrected chi connectivity index (χ2v) is 3.45. The van der Waals surface area contributed by atoms with Crippen molar-refractivity contribution in [3.63, 3.8) is 0 Å². The first kappa shape index (κ1) is 9.98. The van der Waals surface area contributed by atoms with Gasteiger partial charge in [0.1, 0.15) is 5.75 Å². The third-order valence-electron chi connectivity index (χ3n) is 2.06. The molecular formula is C11H12N2OS. The van der Waals surface area contributed by atoms with E-state index >= 15 is 0 Å². The van der Waals surface area contributed by atoms with Gasteiger partial charge in [0.2, 0.25) is 0 Å². The summed E-state index contributed by atoms with van der Waals surface area (Å²) in [7, 11) is 0. The van der Waals surface area contributed by atoms with Gasteiger partial charge in [-0.05, 0) is 31.3 Å². The molecule has 1 aromatic carbocycles. The average Bonchev–Trinajstić information content (AvgIpc) is 2.65. The third-order valence-corrected chi connectivity index (χ3v) is 2.37. The van der Waals surface area contributed by atoms with Gasteiger partial charge in [0, 0.05) is 18.5 Å². The van der Waals surface area contributed by atoms with Crippen LogP contribution in [-0.4, -0.2) is 16.2 Å². The van der Waals surface area contributed by atoms with Crippen LogP contribution in [0.15, 0.2) is 36.7 Å². The minimum absolute atomic E-state index is 0.669. The van der Waals surface area contributed by atoms with Crippen LogP contribution in [0.1, 0.15) is 6.92 Å². The molecule has 78 valence electrons. The summed E-state index contributed by atoms with van der Waals surface area (Å²) >= 11 is 5.14. The van der Waals surface area contributed by atoms with Gasteiger partial charge in [0.25, 0.3) is 0 Å². The minimum Gasteiger partial charge on any atom is -0.494 e. The number of nitrogens with zero attached hydrogens (tertiary/aromatic N) is 1. The number of imidazole rings is 1. The molecule has 1 aromatic heterocycles. The van der Waals surface area contributed by atoms with Gasteiger partial charge < -0.3 is 9.72 Å². The summed E-state index contributed by atoms with van der Waals surface area (Å²) in [5, 5.41) is 0. The maximum Gasteiger partial charge on any atom is 0.181 e. The molecule has 0 bridgehead atoms. The monoisotopic (exact) mass is 220 g/mol. The van der Waals surface area contributed by atoms with Crippen LogP contribution in [0.2, 0.25) is 0 Å². The molecule has 0 aliphatic rings. The van der Waals surface area contributed by atoms with Gasteiger partial charge in [0.05, 0.1) is 12.3 Å². The van der Waals surface area contributed by atoms with Crippen molar-refractivity contribution in [3.8, 4) is 11.4 Å². The quantitative estimate of drug-likeness (QED) is 0.806. The minimum atomic E-state index is 0.669. The highest BCUT2D eigenvalue weighted by Crippen LogP contribution is 2.16. The van der Waals surface area contributed by atoms with Crippen LogP contribution in [0.25, 0.3) is 5.69 Å². The Hall–Kier alpha value is -1.55. The average molecular weight is 220 g/mol. The highest BCUT2D eigenvalue weighted by Gasteiger charge is 1.99. The summed E-state index contributed by atoms with van der Waals surface area (Å²) in [4.78, 5) is 2.96. The summed E-state index contributed by atoms with van der Waals surface area (Å²) in [5.41, 5.74) is 1.01. The maximum atomic E-state index is 5.43. The fraction of sp³-hybridized carbons (Fsp3) is 0.182. The van der Waals surface area contributed by atoms with Crippen molar-refractivity contribution in [3.05, 3.63) is 41.4 Å². The van der Waals surface area contributed by atoms with E-state index in [9.17, 15) is 0 Å². The van der Waals surface area contributed by atoms with E-state index < -0.39 is 0 Å². The van der Waals surface area contributed by atoms with Crippen molar-refractivity contribution < 1.29 is 4.74 Å². The summed E-state index contributed by atoms with van der Waals surface area (Å²) in [6.07, 6.45) is 3.71. The molecule has 0 aliphatic heterocycles. The predicted molar refractivity (Wildman–Crippen MR) is 62.1 cm³/mol. The standard InChI is InChI=1S/C11H12N2OS/c1-2-14-10-5-3-4-9(8-10)13-7-6-12-11(13)15/h3-8H,2H2,1H3,(H,12,15). The normalized spacial score (nSPS) is 10.2. The Bertz CT molecular complexity index is 501. The molecule has 2 aromatic rings. The molecular weight excluding hydrogens is 208 g/mol. The zero-order chi connectivity index (χ0) is 10.7. The summed E-state index contributed by atoms with van der Waals surface area (Å²) in [6.45, 7) is 2.64. The molecule has 0 atom stereocenters. The molecule has 4 heteroatoms. The van der Waals surface area contributed by atoms with E-state index in [0.29, 0.717) is 11.4 Å². The Morgan fingerprint density at radius 1 is 1.47 bits per heavy atom. The van der Waals surface area contributed by atoms with Crippen LogP contribution in [0.5, 0.6) is 5.75 Å². The molecule has 15 heavy (non-hydrogen) atoms. The molecule has 0 saturated carbocycles. The largest absolute Gasteiger partial charge is 0.494 e. The molecule has 0 saturated heterocycles. The maximum absolute atomic E-state index is 5.43. The Balaban J connectivity index is 2.41. The van der Waals surface area contributed by atoms with Crippen molar-refractivity contribution in [1.82, 2.24) is 9.55 Å². The zero-order valence-corrected chi connectivity index (χ0v) is 9.25. The van der Waals surface area contributed by atoms with Gasteiger partial charge in [0.15, 0.2) is 4.77 Å². The number of hydrogen-bond acceptors (Lipinski definition) is 2. The second kappa shape index (κ2) is 4.31. The van der Waals surface area contributed by atoms with E-state index in [2.05, 4.69) is 4.98 Å². The lowest BCUT2D eigenvalue weighted by Gasteiger charge is -2.06. The lowest BCUT2D eigenvalue weighted by atomic mass is 10.3. The van der Waals surface area contributed by atoms with E-state index in [1.165, 1.54) is 0 Å². The van der Waals surface area contributed by atoms with Gasteiger partial charge in [-0.1, -0.05) is 6.07 Å². The molecule has 3 nitrogen and oxygen atoms in total. The topological polar surface area (TPSA) is 29.9 Å². The van der Waals surface area contributed by atoms with Crippen LogP contribution in [0.3, 0.4) is 0 Å². The lowest BCUT2D eigenvalue weighted by molar-refractivity contribution is 0.340. The highest BCUT2D eigenvalue weighted by molar-refractivity contribution is 7.71. The Labute approximate surface area is 93.3 Å². The number of ether oxygens (including phenoxy) is 1. The number of hydrogen-bond donors (Lipinski definition) is 1. The number of H-pyrrole nitrogens is 1. The first-order chi connectivity index (χ1) is 7.31. The molecule has 0 aliphatic carbocycles. The number of nitrogens with one attached hydrogen (secondary N) is 1. The summed E-state index contributed by atoms with van der Waals surface area (Å²) in [5.74, 6) is 0.859. The van der Waals surface area contributed by atoms with Gasteiger partial charge in [-0.2, -0.15) is 0 Å². The van der Waals surface area contributed by atoms with Crippen LogP contribution < -0.4 is 4.74 Å². The van der Waals surface area contributed by atoms with Crippen molar-refractivity contribution in [1.29, 1.82) is 0 Å². The van der Waals surface area contributed by atoms with Crippen LogP contribution in [0.4, 0.5) is 0 Å². The van der Waals surface area contributed by atoms with E-state index in [1.807, 2.05) is 48.1 Å². The molecule has 0 amide bonds. The van der Waals surface area contributed by atoms with Gasteiger partial charge in [-0.25, -0.2) is 0 Å². The van der Waals surface area contributed by atoms with Crippen molar-refractivity contribution >= 4 is 12.2 Å². The van der Waals surface area contributed by atoms with E-state index in [1.54, 1.807) is 0 Å². The Morgan fingerprint density at radius 3 is 3.00 bits per heavy atom. The molecule has 0 spiro atoms. The van der Waals surface area contributed by atoms with Crippen molar-refractivity contribution in [2.45, 2.75) is 6.92 Å². The van der Waals surface area contributed by atoms with Crippen LogP contribution in [0, 0.1) is 4.77 Å². The second-order valence-electron chi connectivity index (χ2n) is 3.07. The Kier molecular flexibility index (Phi) is 2.87.